The first-order valence-corrected chi connectivity index (χ1v) is 12.9. The van der Waals surface area contributed by atoms with Crippen molar-refractivity contribution in [2.45, 2.75) is 44.0 Å². The highest BCUT2D eigenvalue weighted by molar-refractivity contribution is 5.92. The van der Waals surface area contributed by atoms with Gasteiger partial charge in [0.15, 0.2) is 0 Å². The van der Waals surface area contributed by atoms with Crippen LogP contribution in [0.2, 0.25) is 0 Å². The van der Waals surface area contributed by atoms with Crippen LogP contribution in [0, 0.1) is 11.6 Å². The summed E-state index contributed by atoms with van der Waals surface area (Å²) in [6, 6.07) is 11.5. The van der Waals surface area contributed by atoms with E-state index in [1.807, 2.05) is 30.3 Å². The molecule has 4 amide bonds. The normalized spacial score (nSPS) is 20.2. The second kappa shape index (κ2) is 11.3. The zero-order chi connectivity index (χ0) is 28.4. The quantitative estimate of drug-likeness (QED) is 0.502. The number of nitrogens with two attached hydrogens (primary N) is 1. The summed E-state index contributed by atoms with van der Waals surface area (Å²) in [4.78, 5) is 44.2. The predicted octanol–water partition coefficient (Wildman–Crippen LogP) is 1.89. The molecule has 11 heteroatoms. The largest absolute Gasteiger partial charge is 0.374 e. The first-order chi connectivity index (χ1) is 18.4. The fourth-order valence-electron chi connectivity index (χ4n) is 5.15. The third kappa shape index (κ3) is 6.36. The molecule has 4 rings (SSSR count). The van der Waals surface area contributed by atoms with E-state index < -0.39 is 34.7 Å². The smallest absolute Gasteiger partial charge is 0.320 e. The molecule has 2 aromatic rings. The summed E-state index contributed by atoms with van der Waals surface area (Å²) in [5.74, 6) is -2.30. The predicted molar refractivity (Wildman–Crippen MR) is 140 cm³/mol. The summed E-state index contributed by atoms with van der Waals surface area (Å²) in [6.07, 6.45) is 0.0936. The molecule has 0 aliphatic carbocycles. The summed E-state index contributed by atoms with van der Waals surface area (Å²) in [5, 5.41) is 2.72. The van der Waals surface area contributed by atoms with E-state index in [4.69, 9.17) is 10.5 Å². The van der Waals surface area contributed by atoms with Crippen molar-refractivity contribution >= 4 is 17.8 Å². The van der Waals surface area contributed by atoms with Crippen molar-refractivity contribution < 1.29 is 27.9 Å². The van der Waals surface area contributed by atoms with Gasteiger partial charge in [0.25, 0.3) is 0 Å². The topological polar surface area (TPSA) is 108 Å². The summed E-state index contributed by atoms with van der Waals surface area (Å²) in [7, 11) is 1.65. The van der Waals surface area contributed by atoms with E-state index in [9.17, 15) is 23.2 Å². The average Bonchev–Trinajstić information content (AvgIpc) is 3.13. The molecule has 39 heavy (non-hydrogen) atoms. The molecule has 2 aliphatic rings. The molecule has 2 fully saturated rings. The van der Waals surface area contributed by atoms with Gasteiger partial charge >= 0.3 is 6.03 Å². The van der Waals surface area contributed by atoms with E-state index in [0.29, 0.717) is 0 Å². The SMILES string of the molecule is CN1C[C@]2(Cc3ccc(F)cc3F)CN(C(=O)[C@@H](COCc3ccccc3)NC(=O)C(C)(C)N)CCN2C1=O. The number of nitrogens with zero attached hydrogens (tertiary/aromatic N) is 3. The number of fused-ring (bicyclic) bond motifs is 1. The molecule has 0 radical (unpaired) electrons. The molecule has 0 saturated carbocycles. The van der Waals surface area contributed by atoms with Crippen LogP contribution in [0.4, 0.5) is 13.6 Å². The van der Waals surface area contributed by atoms with Crippen molar-refractivity contribution in [3.8, 4) is 0 Å². The molecule has 0 spiro atoms. The second-order valence-electron chi connectivity index (χ2n) is 10.9. The Morgan fingerprint density at radius 1 is 1.13 bits per heavy atom. The van der Waals surface area contributed by atoms with Gasteiger partial charge in [-0.3, -0.25) is 9.59 Å². The maximum Gasteiger partial charge on any atom is 0.320 e. The van der Waals surface area contributed by atoms with Crippen LogP contribution in [0.5, 0.6) is 0 Å². The van der Waals surface area contributed by atoms with Crippen LogP contribution in [-0.2, 0) is 27.4 Å². The average molecular weight is 544 g/mol. The number of rotatable bonds is 9. The lowest BCUT2D eigenvalue weighted by Gasteiger charge is -2.46. The van der Waals surface area contributed by atoms with Gasteiger partial charge in [0.05, 0.1) is 24.3 Å². The summed E-state index contributed by atoms with van der Waals surface area (Å²) in [6.45, 7) is 4.05. The molecule has 0 unspecified atom stereocenters. The number of urea groups is 1. The van der Waals surface area contributed by atoms with Crippen LogP contribution >= 0.6 is 0 Å². The minimum atomic E-state index is -1.22. The lowest BCUT2D eigenvalue weighted by atomic mass is 9.87. The molecule has 0 bridgehead atoms. The monoisotopic (exact) mass is 543 g/mol. The molecule has 2 aliphatic heterocycles. The third-order valence-corrected chi connectivity index (χ3v) is 7.17. The summed E-state index contributed by atoms with van der Waals surface area (Å²) < 4.78 is 34.0. The zero-order valence-corrected chi connectivity index (χ0v) is 22.5. The number of hydrogen-bond acceptors (Lipinski definition) is 5. The number of likely N-dealkylation sites (N-methyl/N-ethyl adjacent to an activating group) is 1. The number of carbonyl (C=O) groups excluding carboxylic acids is 3. The number of amides is 4. The first kappa shape index (κ1) is 28.4. The summed E-state index contributed by atoms with van der Waals surface area (Å²) >= 11 is 0. The lowest BCUT2D eigenvalue weighted by molar-refractivity contribution is -0.142. The van der Waals surface area contributed by atoms with Crippen molar-refractivity contribution in [3.63, 3.8) is 0 Å². The van der Waals surface area contributed by atoms with Gasteiger partial charge in [-0.25, -0.2) is 13.6 Å². The number of benzene rings is 2. The van der Waals surface area contributed by atoms with E-state index in [2.05, 4.69) is 5.32 Å². The van der Waals surface area contributed by atoms with E-state index in [1.165, 1.54) is 17.0 Å². The minimum absolute atomic E-state index is 0.0891. The molecule has 2 atom stereocenters. The molecule has 3 N–H and O–H groups in total. The van der Waals surface area contributed by atoms with Gasteiger partial charge in [-0.2, -0.15) is 0 Å². The van der Waals surface area contributed by atoms with Crippen molar-refractivity contribution in [1.82, 2.24) is 20.0 Å². The van der Waals surface area contributed by atoms with Gasteiger partial charge in [-0.1, -0.05) is 36.4 Å². The number of ether oxygens (including phenoxy) is 1. The van der Waals surface area contributed by atoms with E-state index in [0.717, 1.165) is 11.6 Å². The second-order valence-corrected chi connectivity index (χ2v) is 10.9. The Morgan fingerprint density at radius 3 is 2.51 bits per heavy atom. The van der Waals surface area contributed by atoms with Crippen molar-refractivity contribution in [3.05, 3.63) is 71.3 Å². The number of nitrogens with one attached hydrogen (secondary N) is 1. The number of carbonyl (C=O) groups is 3. The fourth-order valence-corrected chi connectivity index (χ4v) is 5.15. The molecule has 9 nitrogen and oxygen atoms in total. The van der Waals surface area contributed by atoms with Gasteiger partial charge in [-0.05, 0) is 31.0 Å². The van der Waals surface area contributed by atoms with Crippen LogP contribution < -0.4 is 11.1 Å². The molecular weight excluding hydrogens is 508 g/mol. The van der Waals surface area contributed by atoms with Crippen LogP contribution in [0.25, 0.3) is 0 Å². The summed E-state index contributed by atoms with van der Waals surface area (Å²) in [5.41, 5.74) is 4.98. The Balaban J connectivity index is 1.55. The maximum atomic E-state index is 14.7. The molecule has 0 aromatic heterocycles. The number of hydrogen-bond donors (Lipinski definition) is 2. The van der Waals surface area contributed by atoms with Gasteiger partial charge in [0, 0.05) is 45.7 Å². The van der Waals surface area contributed by atoms with Gasteiger partial charge in [0.1, 0.15) is 17.7 Å². The highest BCUT2D eigenvalue weighted by Gasteiger charge is 2.53. The van der Waals surface area contributed by atoms with Crippen molar-refractivity contribution in [1.29, 1.82) is 0 Å². The molecule has 2 saturated heterocycles. The molecule has 2 aromatic carbocycles. The van der Waals surface area contributed by atoms with Crippen molar-refractivity contribution in [2.24, 2.45) is 5.73 Å². The minimum Gasteiger partial charge on any atom is -0.374 e. The van der Waals surface area contributed by atoms with Gasteiger partial charge < -0.3 is 30.5 Å². The maximum absolute atomic E-state index is 14.7. The van der Waals surface area contributed by atoms with E-state index >= 15 is 0 Å². The molecule has 2 heterocycles. The Kier molecular flexibility index (Phi) is 8.22. The van der Waals surface area contributed by atoms with E-state index in [-0.39, 0.29) is 63.3 Å². The zero-order valence-electron chi connectivity index (χ0n) is 22.5. The Bertz CT molecular complexity index is 1220. The fraction of sp³-hybridized carbons (Fsp3) is 0.464. The van der Waals surface area contributed by atoms with Crippen LogP contribution in [0.1, 0.15) is 25.0 Å². The molecule has 210 valence electrons. The Labute approximate surface area is 226 Å². The third-order valence-electron chi connectivity index (χ3n) is 7.17. The van der Waals surface area contributed by atoms with E-state index in [1.54, 1.807) is 30.7 Å². The van der Waals surface area contributed by atoms with Gasteiger partial charge in [-0.15, -0.1) is 0 Å². The number of halogens is 2. The standard InChI is InChI=1S/C28H35F2N5O4/c1-27(2,31)25(37)32-23(16-39-15-19-7-5-4-6-8-19)24(36)34-11-12-35-26(38)33(3)17-28(35,18-34)14-20-9-10-21(29)13-22(20)30/h4-10,13,23H,11-12,14-18,31H2,1-3H3,(H,32,37)/t23-,28-/m1/s1. The van der Waals surface area contributed by atoms with Crippen LogP contribution in [0.3, 0.4) is 0 Å². The van der Waals surface area contributed by atoms with Crippen LogP contribution in [0.15, 0.2) is 48.5 Å². The number of piperazine rings is 1. The van der Waals surface area contributed by atoms with Crippen molar-refractivity contribution in [2.75, 3.05) is 39.8 Å². The lowest BCUT2D eigenvalue weighted by Crippen LogP contribution is -2.66. The molecular formula is C28H35F2N5O4. The highest BCUT2D eigenvalue weighted by Crippen LogP contribution is 2.34. The van der Waals surface area contributed by atoms with Crippen LogP contribution in [-0.4, -0.2) is 89.5 Å². The van der Waals surface area contributed by atoms with Gasteiger partial charge in [0.2, 0.25) is 11.8 Å². The Morgan fingerprint density at radius 2 is 1.85 bits per heavy atom. The Hall–Kier alpha value is -3.57. The highest BCUT2D eigenvalue weighted by atomic mass is 19.1. The first-order valence-electron chi connectivity index (χ1n) is 12.9.